The minimum absolute atomic E-state index is 0.0695. The standard InChI is InChI=1S/C20H22N4OS2/c1-14-17(27-20(23-14)16-7-11-26-13-16)19(25)22-12-15-6-5-8-21-18(15)24-9-3-2-4-10-24/h5-8,11,13H,2-4,9-10,12H2,1H3,(H,22,25). The molecular formula is C20H22N4OS2. The van der Waals surface area contributed by atoms with Gasteiger partial charge in [-0.1, -0.05) is 6.07 Å². The summed E-state index contributed by atoms with van der Waals surface area (Å²) in [5, 5.41) is 8.04. The first-order valence-corrected chi connectivity index (χ1v) is 11.0. The monoisotopic (exact) mass is 398 g/mol. The molecule has 0 atom stereocenters. The van der Waals surface area contributed by atoms with Crippen LogP contribution in [0, 0.1) is 6.92 Å². The van der Waals surface area contributed by atoms with Gasteiger partial charge in [-0.2, -0.15) is 11.3 Å². The van der Waals surface area contributed by atoms with E-state index >= 15 is 0 Å². The molecule has 0 aliphatic carbocycles. The van der Waals surface area contributed by atoms with Gasteiger partial charge in [-0.3, -0.25) is 4.79 Å². The third kappa shape index (κ3) is 4.04. The molecule has 0 spiro atoms. The fourth-order valence-electron chi connectivity index (χ4n) is 3.33. The molecule has 0 radical (unpaired) electrons. The number of carbonyl (C=O) groups is 1. The van der Waals surface area contributed by atoms with Crippen LogP contribution < -0.4 is 10.2 Å². The largest absolute Gasteiger partial charge is 0.356 e. The Labute approximate surface area is 167 Å². The molecule has 0 bridgehead atoms. The second-order valence-electron chi connectivity index (χ2n) is 6.66. The summed E-state index contributed by atoms with van der Waals surface area (Å²) < 4.78 is 0. The van der Waals surface area contributed by atoms with Crippen molar-refractivity contribution in [1.82, 2.24) is 15.3 Å². The molecule has 1 saturated heterocycles. The topological polar surface area (TPSA) is 58.1 Å². The van der Waals surface area contributed by atoms with Crippen LogP contribution in [0.5, 0.6) is 0 Å². The zero-order valence-corrected chi connectivity index (χ0v) is 16.9. The number of aryl methyl sites for hydroxylation is 1. The number of carbonyl (C=O) groups excluding carboxylic acids is 1. The molecule has 1 aliphatic heterocycles. The van der Waals surface area contributed by atoms with Crippen molar-refractivity contribution >= 4 is 34.4 Å². The third-order valence-electron chi connectivity index (χ3n) is 4.73. The van der Waals surface area contributed by atoms with Gasteiger partial charge in [-0.15, -0.1) is 11.3 Å². The molecule has 0 unspecified atom stereocenters. The van der Waals surface area contributed by atoms with Crippen LogP contribution in [0.4, 0.5) is 5.82 Å². The molecule has 3 aromatic heterocycles. The molecule has 3 aromatic rings. The van der Waals surface area contributed by atoms with E-state index in [1.54, 1.807) is 11.3 Å². The maximum atomic E-state index is 12.7. The zero-order chi connectivity index (χ0) is 18.6. The van der Waals surface area contributed by atoms with Crippen molar-refractivity contribution in [3.8, 4) is 10.6 Å². The van der Waals surface area contributed by atoms with Crippen LogP contribution in [-0.2, 0) is 6.54 Å². The molecule has 4 heterocycles. The predicted molar refractivity (Wildman–Crippen MR) is 112 cm³/mol. The van der Waals surface area contributed by atoms with Gasteiger partial charge in [0.15, 0.2) is 0 Å². The highest BCUT2D eigenvalue weighted by Crippen LogP contribution is 2.29. The molecule has 1 N–H and O–H groups in total. The number of nitrogens with zero attached hydrogens (tertiary/aromatic N) is 3. The summed E-state index contributed by atoms with van der Waals surface area (Å²) >= 11 is 3.09. The number of piperidine rings is 1. The van der Waals surface area contributed by atoms with Gasteiger partial charge in [0.2, 0.25) is 0 Å². The lowest BCUT2D eigenvalue weighted by Gasteiger charge is -2.29. The molecule has 140 valence electrons. The van der Waals surface area contributed by atoms with Crippen LogP contribution in [0.3, 0.4) is 0 Å². The Morgan fingerprint density at radius 3 is 2.89 bits per heavy atom. The van der Waals surface area contributed by atoms with Gasteiger partial charge in [0.05, 0.1) is 5.69 Å². The molecule has 0 aromatic carbocycles. The number of hydrogen-bond donors (Lipinski definition) is 1. The minimum atomic E-state index is -0.0695. The highest BCUT2D eigenvalue weighted by atomic mass is 32.1. The van der Waals surface area contributed by atoms with Gasteiger partial charge in [0.25, 0.3) is 5.91 Å². The van der Waals surface area contributed by atoms with Crippen molar-refractivity contribution in [3.05, 3.63) is 51.3 Å². The van der Waals surface area contributed by atoms with Crippen molar-refractivity contribution in [2.24, 2.45) is 0 Å². The van der Waals surface area contributed by atoms with E-state index in [0.29, 0.717) is 11.4 Å². The van der Waals surface area contributed by atoms with Gasteiger partial charge >= 0.3 is 0 Å². The first-order valence-electron chi connectivity index (χ1n) is 9.19. The molecule has 5 nitrogen and oxygen atoms in total. The molecule has 27 heavy (non-hydrogen) atoms. The normalized spacial score (nSPS) is 14.3. The molecule has 0 saturated carbocycles. The molecule has 4 rings (SSSR count). The maximum absolute atomic E-state index is 12.7. The number of thiophene rings is 1. The fourth-order valence-corrected chi connectivity index (χ4v) is 5.03. The summed E-state index contributed by atoms with van der Waals surface area (Å²) in [4.78, 5) is 24.9. The number of rotatable bonds is 5. The van der Waals surface area contributed by atoms with E-state index in [2.05, 4.69) is 25.6 Å². The summed E-state index contributed by atoms with van der Waals surface area (Å²) in [5.74, 6) is 0.928. The number of thiazole rings is 1. The van der Waals surface area contributed by atoms with Crippen molar-refractivity contribution < 1.29 is 4.79 Å². The second-order valence-corrected chi connectivity index (χ2v) is 8.44. The number of amides is 1. The Balaban J connectivity index is 1.47. The average molecular weight is 399 g/mol. The van der Waals surface area contributed by atoms with Gasteiger partial charge in [-0.05, 0) is 43.7 Å². The summed E-state index contributed by atoms with van der Waals surface area (Å²) in [5.41, 5.74) is 2.92. The third-order valence-corrected chi connectivity index (χ3v) is 6.62. The summed E-state index contributed by atoms with van der Waals surface area (Å²) in [6, 6.07) is 6.01. The Kier molecular flexibility index (Phi) is 5.50. The Bertz CT molecular complexity index is 914. The van der Waals surface area contributed by atoms with Crippen molar-refractivity contribution in [3.63, 3.8) is 0 Å². The molecule has 7 heteroatoms. The van der Waals surface area contributed by atoms with E-state index < -0.39 is 0 Å². The maximum Gasteiger partial charge on any atom is 0.263 e. The van der Waals surface area contributed by atoms with Gasteiger partial charge < -0.3 is 10.2 Å². The van der Waals surface area contributed by atoms with Crippen LogP contribution >= 0.6 is 22.7 Å². The Morgan fingerprint density at radius 2 is 2.11 bits per heavy atom. The first-order chi connectivity index (χ1) is 13.2. The van der Waals surface area contributed by atoms with E-state index in [1.807, 2.05) is 36.7 Å². The lowest BCUT2D eigenvalue weighted by atomic mass is 10.1. The molecular weight excluding hydrogens is 376 g/mol. The smallest absolute Gasteiger partial charge is 0.263 e. The first kappa shape index (κ1) is 18.1. The van der Waals surface area contributed by atoms with Gasteiger partial charge in [-0.25, -0.2) is 9.97 Å². The molecule has 1 amide bonds. The van der Waals surface area contributed by atoms with E-state index in [9.17, 15) is 4.79 Å². The number of anilines is 1. The average Bonchev–Trinajstić information content (AvgIpc) is 3.37. The Morgan fingerprint density at radius 1 is 1.26 bits per heavy atom. The van der Waals surface area contributed by atoms with Crippen LogP contribution in [0.15, 0.2) is 35.2 Å². The zero-order valence-electron chi connectivity index (χ0n) is 15.3. The fraction of sp³-hybridized carbons (Fsp3) is 0.350. The van der Waals surface area contributed by atoms with Crippen LogP contribution in [0.1, 0.15) is 40.2 Å². The lowest BCUT2D eigenvalue weighted by Crippen LogP contribution is -2.32. The number of aromatic nitrogens is 2. The van der Waals surface area contributed by atoms with Crippen LogP contribution in [0.2, 0.25) is 0 Å². The SMILES string of the molecule is Cc1nc(-c2ccsc2)sc1C(=O)NCc1cccnc1N1CCCCC1. The highest BCUT2D eigenvalue weighted by molar-refractivity contribution is 7.17. The van der Waals surface area contributed by atoms with Crippen LogP contribution in [-0.4, -0.2) is 29.0 Å². The van der Waals surface area contributed by atoms with E-state index in [1.165, 1.54) is 30.6 Å². The molecule has 1 fully saturated rings. The summed E-state index contributed by atoms with van der Waals surface area (Å²) in [6.07, 6.45) is 5.52. The highest BCUT2D eigenvalue weighted by Gasteiger charge is 2.19. The quantitative estimate of drug-likeness (QED) is 0.688. The van der Waals surface area contributed by atoms with Crippen molar-refractivity contribution in [1.29, 1.82) is 0 Å². The van der Waals surface area contributed by atoms with Crippen molar-refractivity contribution in [2.45, 2.75) is 32.7 Å². The Hall–Kier alpha value is -2.25. The van der Waals surface area contributed by atoms with E-state index in [0.717, 1.165) is 40.7 Å². The minimum Gasteiger partial charge on any atom is -0.356 e. The van der Waals surface area contributed by atoms with Crippen molar-refractivity contribution in [2.75, 3.05) is 18.0 Å². The van der Waals surface area contributed by atoms with E-state index in [4.69, 9.17) is 0 Å². The summed E-state index contributed by atoms with van der Waals surface area (Å²) in [6.45, 7) is 4.44. The second kappa shape index (κ2) is 8.19. The lowest BCUT2D eigenvalue weighted by molar-refractivity contribution is 0.0954. The number of hydrogen-bond acceptors (Lipinski definition) is 6. The van der Waals surface area contributed by atoms with E-state index in [-0.39, 0.29) is 5.91 Å². The van der Waals surface area contributed by atoms with Gasteiger partial charge in [0.1, 0.15) is 15.7 Å². The number of nitrogens with one attached hydrogen (secondary N) is 1. The summed E-state index contributed by atoms with van der Waals surface area (Å²) in [7, 11) is 0. The van der Waals surface area contributed by atoms with Crippen LogP contribution in [0.25, 0.3) is 10.6 Å². The predicted octanol–water partition coefficient (Wildman–Crippen LogP) is 4.50. The number of pyridine rings is 1. The van der Waals surface area contributed by atoms with Gasteiger partial charge in [0, 0.05) is 42.3 Å². The molecule has 1 aliphatic rings.